The van der Waals surface area contributed by atoms with Crippen LogP contribution in [-0.2, 0) is 4.74 Å². The lowest BCUT2D eigenvalue weighted by molar-refractivity contribution is 0.109. The van der Waals surface area contributed by atoms with Crippen LogP contribution in [0, 0.1) is 0 Å². The summed E-state index contributed by atoms with van der Waals surface area (Å²) < 4.78 is 4.94. The molecule has 0 bridgehead atoms. The van der Waals surface area contributed by atoms with Crippen LogP contribution in [0.3, 0.4) is 0 Å². The van der Waals surface area contributed by atoms with Gasteiger partial charge < -0.3 is 4.74 Å². The van der Waals surface area contributed by atoms with Gasteiger partial charge in [-0.25, -0.2) is 0 Å². The predicted octanol–water partition coefficient (Wildman–Crippen LogP) is 2.55. The summed E-state index contributed by atoms with van der Waals surface area (Å²) in [6, 6.07) is 8.94. The van der Waals surface area contributed by atoms with Gasteiger partial charge in [-0.2, -0.15) is 0 Å². The molecule has 0 radical (unpaired) electrons. The number of hydrogen-bond donors (Lipinski definition) is 1. The molecule has 1 aromatic rings. The van der Waals surface area contributed by atoms with Crippen LogP contribution >= 0.6 is 12.6 Å². The van der Waals surface area contributed by atoms with Crippen LogP contribution in [0.25, 0.3) is 0 Å². The van der Waals surface area contributed by atoms with Crippen LogP contribution < -0.4 is 0 Å². The summed E-state index contributed by atoms with van der Waals surface area (Å²) in [6.45, 7) is 2.00. The van der Waals surface area contributed by atoms with Crippen LogP contribution in [0.15, 0.2) is 30.3 Å². The van der Waals surface area contributed by atoms with Gasteiger partial charge in [-0.1, -0.05) is 30.3 Å². The van der Waals surface area contributed by atoms with E-state index in [4.69, 9.17) is 4.74 Å². The van der Waals surface area contributed by atoms with Gasteiger partial charge in [0.05, 0.1) is 0 Å². The molecule has 1 aliphatic heterocycles. The molecule has 3 heteroatoms. The van der Waals surface area contributed by atoms with Crippen LogP contribution in [0.2, 0.25) is 0 Å². The van der Waals surface area contributed by atoms with Gasteiger partial charge in [0.2, 0.25) is 5.12 Å². The van der Waals surface area contributed by atoms with E-state index >= 15 is 0 Å². The molecule has 0 saturated carbocycles. The number of benzene rings is 1. The maximum Gasteiger partial charge on any atom is 0.216 e. The maximum absolute atomic E-state index is 10.5. The van der Waals surface area contributed by atoms with Gasteiger partial charge in [0.25, 0.3) is 0 Å². The molecule has 1 aromatic carbocycles. The average Bonchev–Trinajstić information content (AvgIpc) is 2.77. The van der Waals surface area contributed by atoms with Crippen molar-refractivity contribution in [2.45, 2.75) is 12.8 Å². The summed E-state index contributed by atoms with van der Waals surface area (Å²) in [5.41, 5.74) is 0.640. The van der Waals surface area contributed by atoms with Crippen molar-refractivity contribution in [1.29, 1.82) is 0 Å². The van der Waals surface area contributed by atoms with E-state index in [-0.39, 0.29) is 5.12 Å². The van der Waals surface area contributed by atoms with E-state index in [1.54, 1.807) is 12.1 Å². The van der Waals surface area contributed by atoms with Gasteiger partial charge in [0, 0.05) is 18.8 Å². The number of carbonyl (C=O) groups excluding carboxylic acids is 1. The number of ether oxygens (including phenoxy) is 1. The monoisotopic (exact) mass is 210 g/mol. The average molecular weight is 210 g/mol. The van der Waals surface area contributed by atoms with Crippen molar-refractivity contribution < 1.29 is 9.53 Å². The molecule has 2 nitrogen and oxygen atoms in total. The molecule has 0 amide bonds. The summed E-state index contributed by atoms with van der Waals surface area (Å²) in [7, 11) is 0. The standard InChI is InChI=1S/C7H6OS.C4H8O/c8-7(9)6-4-2-1-3-5-6;1-2-4-5-3-1/h1-5H,(H,8,9);1-4H2. The summed E-state index contributed by atoms with van der Waals surface area (Å²) in [4.78, 5) is 10.5. The zero-order chi connectivity index (χ0) is 10.2. The van der Waals surface area contributed by atoms with Gasteiger partial charge in [0.15, 0.2) is 0 Å². The van der Waals surface area contributed by atoms with E-state index < -0.39 is 0 Å². The zero-order valence-electron chi connectivity index (χ0n) is 7.98. The second-order valence-corrected chi connectivity index (χ2v) is 3.40. The van der Waals surface area contributed by atoms with E-state index in [1.165, 1.54) is 12.8 Å². The third kappa shape index (κ3) is 4.44. The molecule has 0 aliphatic carbocycles. The zero-order valence-corrected chi connectivity index (χ0v) is 8.87. The van der Waals surface area contributed by atoms with Crippen molar-refractivity contribution in [2.24, 2.45) is 0 Å². The third-order valence-electron chi connectivity index (χ3n) is 1.85. The quantitative estimate of drug-likeness (QED) is 0.721. The lowest BCUT2D eigenvalue weighted by Gasteiger charge is -1.88. The first-order valence-electron chi connectivity index (χ1n) is 4.67. The molecule has 14 heavy (non-hydrogen) atoms. The Morgan fingerprint density at radius 1 is 1.14 bits per heavy atom. The van der Waals surface area contributed by atoms with Crippen molar-refractivity contribution in [3.63, 3.8) is 0 Å². The van der Waals surface area contributed by atoms with Gasteiger partial charge in [-0.3, -0.25) is 4.79 Å². The summed E-state index contributed by atoms with van der Waals surface area (Å²) in [5, 5.41) is -0.185. The first kappa shape index (κ1) is 11.3. The summed E-state index contributed by atoms with van der Waals surface area (Å²) in [6.07, 6.45) is 2.56. The SMILES string of the molecule is C1CCOC1.O=C(S)c1ccccc1. The third-order valence-corrected chi connectivity index (χ3v) is 2.11. The van der Waals surface area contributed by atoms with Crippen LogP contribution in [0.5, 0.6) is 0 Å². The van der Waals surface area contributed by atoms with Gasteiger partial charge in [0.1, 0.15) is 0 Å². The Kier molecular flexibility index (Phi) is 5.33. The fourth-order valence-corrected chi connectivity index (χ4v) is 1.24. The maximum atomic E-state index is 10.5. The van der Waals surface area contributed by atoms with E-state index in [0.717, 1.165) is 13.2 Å². The highest BCUT2D eigenvalue weighted by atomic mass is 32.1. The van der Waals surface area contributed by atoms with Crippen molar-refractivity contribution in [2.75, 3.05) is 13.2 Å². The second kappa shape index (κ2) is 6.62. The molecule has 2 rings (SSSR count). The molecule has 1 saturated heterocycles. The number of rotatable bonds is 1. The summed E-state index contributed by atoms with van der Waals surface area (Å²) in [5.74, 6) is 0. The molecule has 0 aromatic heterocycles. The molecule has 0 atom stereocenters. The molecule has 0 spiro atoms. The van der Waals surface area contributed by atoms with E-state index in [2.05, 4.69) is 12.6 Å². The highest BCUT2D eigenvalue weighted by Crippen LogP contribution is 2.00. The van der Waals surface area contributed by atoms with Crippen molar-refractivity contribution in [3.8, 4) is 0 Å². The lowest BCUT2D eigenvalue weighted by atomic mass is 10.2. The second-order valence-electron chi connectivity index (χ2n) is 2.99. The topological polar surface area (TPSA) is 26.3 Å². The van der Waals surface area contributed by atoms with Crippen molar-refractivity contribution >= 4 is 17.7 Å². The highest BCUT2D eigenvalue weighted by Gasteiger charge is 1.95. The Bertz CT molecular complexity index is 260. The van der Waals surface area contributed by atoms with Gasteiger partial charge >= 0.3 is 0 Å². The minimum Gasteiger partial charge on any atom is -0.381 e. The van der Waals surface area contributed by atoms with Crippen LogP contribution in [-0.4, -0.2) is 18.3 Å². The van der Waals surface area contributed by atoms with Gasteiger partial charge in [-0.15, -0.1) is 12.6 Å². The minimum absolute atomic E-state index is 0.185. The fourth-order valence-electron chi connectivity index (χ4n) is 1.09. The van der Waals surface area contributed by atoms with E-state index in [1.807, 2.05) is 18.2 Å². The van der Waals surface area contributed by atoms with E-state index in [0.29, 0.717) is 5.56 Å². The molecule has 1 aliphatic rings. The Labute approximate surface area is 89.7 Å². The lowest BCUT2D eigenvalue weighted by Crippen LogP contribution is -1.84. The Hall–Kier alpha value is -0.800. The molecule has 1 fully saturated rings. The molecule has 0 unspecified atom stereocenters. The smallest absolute Gasteiger partial charge is 0.216 e. The molecule has 0 N–H and O–H groups in total. The predicted molar refractivity (Wildman–Crippen MR) is 59.8 cm³/mol. The van der Waals surface area contributed by atoms with E-state index in [9.17, 15) is 4.79 Å². The van der Waals surface area contributed by atoms with Crippen LogP contribution in [0.4, 0.5) is 0 Å². The van der Waals surface area contributed by atoms with Crippen molar-refractivity contribution in [1.82, 2.24) is 0 Å². The number of thiol groups is 1. The number of carbonyl (C=O) groups is 1. The fraction of sp³-hybridized carbons (Fsp3) is 0.364. The molecular formula is C11H14O2S. The largest absolute Gasteiger partial charge is 0.381 e. The molecule has 76 valence electrons. The van der Waals surface area contributed by atoms with Crippen molar-refractivity contribution in [3.05, 3.63) is 35.9 Å². The minimum atomic E-state index is -0.185. The normalized spacial score (nSPS) is 14.4. The first-order valence-corrected chi connectivity index (χ1v) is 5.11. The Morgan fingerprint density at radius 2 is 1.71 bits per heavy atom. The highest BCUT2D eigenvalue weighted by molar-refractivity contribution is 7.97. The van der Waals surface area contributed by atoms with Crippen LogP contribution in [0.1, 0.15) is 23.2 Å². The Balaban J connectivity index is 0.000000165. The first-order chi connectivity index (χ1) is 6.80. The summed E-state index contributed by atoms with van der Waals surface area (Å²) >= 11 is 3.65. The number of hydrogen-bond acceptors (Lipinski definition) is 2. The molecular weight excluding hydrogens is 196 g/mol. The molecule has 1 heterocycles. The van der Waals surface area contributed by atoms with Gasteiger partial charge in [-0.05, 0) is 12.8 Å². The Morgan fingerprint density at radius 3 is 2.00 bits per heavy atom.